The maximum absolute atomic E-state index is 9.62. The fourth-order valence-corrected chi connectivity index (χ4v) is 2.10. The van der Waals surface area contributed by atoms with Crippen molar-refractivity contribution in [2.75, 3.05) is 13.7 Å². The van der Waals surface area contributed by atoms with E-state index in [4.69, 9.17) is 4.74 Å². The Morgan fingerprint density at radius 2 is 2.36 bits per heavy atom. The standard InChI is InChI=1S/C11H18O2S/c1-13-8-2-4-10(12)6-7-11-5-3-9-14-11/h3,5,9-10,12H,2,4,6-8H2,1H3. The van der Waals surface area contributed by atoms with Crippen molar-refractivity contribution in [3.8, 4) is 0 Å². The Labute approximate surface area is 89.5 Å². The van der Waals surface area contributed by atoms with Gasteiger partial charge in [-0.05, 0) is 37.1 Å². The Morgan fingerprint density at radius 1 is 1.50 bits per heavy atom. The summed E-state index contributed by atoms with van der Waals surface area (Å²) in [6.07, 6.45) is 3.48. The molecule has 14 heavy (non-hydrogen) atoms. The van der Waals surface area contributed by atoms with Crippen LogP contribution in [0.15, 0.2) is 17.5 Å². The van der Waals surface area contributed by atoms with E-state index in [1.807, 2.05) is 0 Å². The average Bonchev–Trinajstić information content (AvgIpc) is 2.68. The highest BCUT2D eigenvalue weighted by Crippen LogP contribution is 2.13. The summed E-state index contributed by atoms with van der Waals surface area (Å²) in [5.74, 6) is 0. The maximum Gasteiger partial charge on any atom is 0.0544 e. The number of methoxy groups -OCH3 is 1. The van der Waals surface area contributed by atoms with E-state index in [9.17, 15) is 5.11 Å². The first-order valence-corrected chi connectivity index (χ1v) is 5.90. The minimum Gasteiger partial charge on any atom is -0.393 e. The van der Waals surface area contributed by atoms with E-state index in [-0.39, 0.29) is 6.10 Å². The summed E-state index contributed by atoms with van der Waals surface area (Å²) in [6, 6.07) is 4.17. The predicted molar refractivity (Wildman–Crippen MR) is 59.8 cm³/mol. The number of hydrogen-bond donors (Lipinski definition) is 1. The van der Waals surface area contributed by atoms with E-state index in [1.54, 1.807) is 18.4 Å². The third-order valence-electron chi connectivity index (χ3n) is 2.19. The van der Waals surface area contributed by atoms with Gasteiger partial charge in [-0.1, -0.05) is 6.07 Å². The highest BCUT2D eigenvalue weighted by molar-refractivity contribution is 7.09. The molecule has 1 aromatic heterocycles. The number of thiophene rings is 1. The Hall–Kier alpha value is -0.380. The second kappa shape index (κ2) is 6.98. The van der Waals surface area contributed by atoms with Gasteiger partial charge in [0.2, 0.25) is 0 Å². The first-order valence-electron chi connectivity index (χ1n) is 5.02. The highest BCUT2D eigenvalue weighted by atomic mass is 32.1. The summed E-state index contributed by atoms with van der Waals surface area (Å²) in [4.78, 5) is 1.36. The summed E-state index contributed by atoms with van der Waals surface area (Å²) in [5.41, 5.74) is 0. The van der Waals surface area contributed by atoms with Crippen molar-refractivity contribution in [3.05, 3.63) is 22.4 Å². The van der Waals surface area contributed by atoms with Crippen LogP contribution in [0.4, 0.5) is 0 Å². The molecule has 1 unspecified atom stereocenters. The number of rotatable bonds is 7. The van der Waals surface area contributed by atoms with Crippen LogP contribution < -0.4 is 0 Å². The summed E-state index contributed by atoms with van der Waals surface area (Å²) >= 11 is 1.76. The molecule has 0 radical (unpaired) electrons. The molecule has 0 bridgehead atoms. The predicted octanol–water partition coefficient (Wildman–Crippen LogP) is 2.47. The molecule has 80 valence electrons. The van der Waals surface area contributed by atoms with Gasteiger partial charge in [0.15, 0.2) is 0 Å². The monoisotopic (exact) mass is 214 g/mol. The lowest BCUT2D eigenvalue weighted by molar-refractivity contribution is 0.129. The van der Waals surface area contributed by atoms with Gasteiger partial charge in [0, 0.05) is 18.6 Å². The summed E-state index contributed by atoms with van der Waals surface area (Å²) in [7, 11) is 1.69. The van der Waals surface area contributed by atoms with Gasteiger partial charge in [0.1, 0.15) is 0 Å². The largest absolute Gasteiger partial charge is 0.393 e. The molecule has 1 heterocycles. The van der Waals surface area contributed by atoms with Gasteiger partial charge >= 0.3 is 0 Å². The normalized spacial score (nSPS) is 13.0. The molecule has 0 amide bonds. The summed E-state index contributed by atoms with van der Waals surface area (Å²) < 4.78 is 4.93. The molecule has 0 spiro atoms. The van der Waals surface area contributed by atoms with Gasteiger partial charge in [-0.2, -0.15) is 0 Å². The van der Waals surface area contributed by atoms with Crippen molar-refractivity contribution in [2.45, 2.75) is 31.8 Å². The number of hydrogen-bond acceptors (Lipinski definition) is 3. The van der Waals surface area contributed by atoms with Crippen molar-refractivity contribution in [3.63, 3.8) is 0 Å². The molecule has 1 N–H and O–H groups in total. The number of aryl methyl sites for hydroxylation is 1. The van der Waals surface area contributed by atoms with E-state index in [1.165, 1.54) is 4.88 Å². The molecule has 0 aliphatic rings. The van der Waals surface area contributed by atoms with Crippen LogP contribution in [0.1, 0.15) is 24.1 Å². The summed E-state index contributed by atoms with van der Waals surface area (Å²) in [6.45, 7) is 0.746. The highest BCUT2D eigenvalue weighted by Gasteiger charge is 2.04. The van der Waals surface area contributed by atoms with Crippen molar-refractivity contribution < 1.29 is 9.84 Å². The molecule has 0 aromatic carbocycles. The zero-order valence-corrected chi connectivity index (χ0v) is 9.43. The SMILES string of the molecule is COCCCC(O)CCc1cccs1. The van der Waals surface area contributed by atoms with E-state index in [0.29, 0.717) is 0 Å². The molecule has 1 aromatic rings. The van der Waals surface area contributed by atoms with Crippen molar-refractivity contribution >= 4 is 11.3 Å². The van der Waals surface area contributed by atoms with E-state index in [2.05, 4.69) is 17.5 Å². The van der Waals surface area contributed by atoms with Crippen LogP contribution >= 0.6 is 11.3 Å². The topological polar surface area (TPSA) is 29.5 Å². The number of ether oxygens (including phenoxy) is 1. The van der Waals surface area contributed by atoms with Crippen LogP contribution in [0.2, 0.25) is 0 Å². The minimum absolute atomic E-state index is 0.174. The van der Waals surface area contributed by atoms with Crippen LogP contribution in [-0.4, -0.2) is 24.9 Å². The van der Waals surface area contributed by atoms with E-state index >= 15 is 0 Å². The molecule has 2 nitrogen and oxygen atoms in total. The molecule has 0 saturated carbocycles. The molecule has 1 rings (SSSR count). The van der Waals surface area contributed by atoms with Gasteiger partial charge in [-0.15, -0.1) is 11.3 Å². The molecule has 0 aliphatic heterocycles. The van der Waals surface area contributed by atoms with Crippen LogP contribution in [0.3, 0.4) is 0 Å². The third kappa shape index (κ3) is 4.74. The zero-order chi connectivity index (χ0) is 10.2. The first kappa shape index (κ1) is 11.7. The van der Waals surface area contributed by atoms with Crippen molar-refractivity contribution in [1.29, 1.82) is 0 Å². The van der Waals surface area contributed by atoms with Crippen LogP contribution in [0, 0.1) is 0 Å². The minimum atomic E-state index is -0.174. The van der Waals surface area contributed by atoms with Gasteiger partial charge < -0.3 is 9.84 Å². The van der Waals surface area contributed by atoms with E-state index < -0.39 is 0 Å². The van der Waals surface area contributed by atoms with Crippen molar-refractivity contribution in [1.82, 2.24) is 0 Å². The fourth-order valence-electron chi connectivity index (χ4n) is 1.37. The molecule has 0 fully saturated rings. The Balaban J connectivity index is 2.06. The Kier molecular flexibility index (Phi) is 5.83. The first-order chi connectivity index (χ1) is 6.83. The van der Waals surface area contributed by atoms with Crippen LogP contribution in [0.5, 0.6) is 0 Å². The molecular formula is C11H18O2S. The molecule has 1 atom stereocenters. The second-order valence-corrected chi connectivity index (χ2v) is 4.44. The van der Waals surface area contributed by atoms with Gasteiger partial charge in [-0.3, -0.25) is 0 Å². The summed E-state index contributed by atoms with van der Waals surface area (Å²) in [5, 5.41) is 11.7. The van der Waals surface area contributed by atoms with Crippen molar-refractivity contribution in [2.24, 2.45) is 0 Å². The third-order valence-corrected chi connectivity index (χ3v) is 3.13. The average molecular weight is 214 g/mol. The Morgan fingerprint density at radius 3 is 3.00 bits per heavy atom. The zero-order valence-electron chi connectivity index (χ0n) is 8.61. The quantitative estimate of drug-likeness (QED) is 0.707. The number of aliphatic hydroxyl groups excluding tert-OH is 1. The van der Waals surface area contributed by atoms with Crippen LogP contribution in [-0.2, 0) is 11.2 Å². The van der Waals surface area contributed by atoms with Gasteiger partial charge in [0.05, 0.1) is 6.10 Å². The molecular weight excluding hydrogens is 196 g/mol. The fraction of sp³-hybridized carbons (Fsp3) is 0.636. The molecule has 0 aliphatic carbocycles. The lowest BCUT2D eigenvalue weighted by Crippen LogP contribution is -2.08. The molecule has 3 heteroatoms. The van der Waals surface area contributed by atoms with Crippen LogP contribution in [0.25, 0.3) is 0 Å². The number of aliphatic hydroxyl groups is 1. The second-order valence-electron chi connectivity index (χ2n) is 3.41. The lowest BCUT2D eigenvalue weighted by atomic mass is 10.1. The van der Waals surface area contributed by atoms with Gasteiger partial charge in [0.25, 0.3) is 0 Å². The lowest BCUT2D eigenvalue weighted by Gasteiger charge is -2.08. The van der Waals surface area contributed by atoms with Gasteiger partial charge in [-0.25, -0.2) is 0 Å². The maximum atomic E-state index is 9.62. The van der Waals surface area contributed by atoms with E-state index in [0.717, 1.165) is 32.3 Å². The smallest absolute Gasteiger partial charge is 0.0544 e. The Bertz CT molecular complexity index is 221. The molecule has 0 saturated heterocycles.